The Balaban J connectivity index is 1.93. The first-order chi connectivity index (χ1) is 11.0. The van der Waals surface area contributed by atoms with Crippen LogP contribution in [0.3, 0.4) is 0 Å². The Hall–Kier alpha value is -2.89. The van der Waals surface area contributed by atoms with Crippen LogP contribution in [0.5, 0.6) is 0 Å². The molecule has 3 aromatic rings. The van der Waals surface area contributed by atoms with E-state index in [4.69, 9.17) is 4.52 Å². The van der Waals surface area contributed by atoms with E-state index in [1.807, 2.05) is 25.3 Å². The molecule has 0 aliphatic heterocycles. The van der Waals surface area contributed by atoms with Gasteiger partial charge in [0.15, 0.2) is 5.82 Å². The highest BCUT2D eigenvalue weighted by Crippen LogP contribution is 2.22. The van der Waals surface area contributed by atoms with Crippen LogP contribution in [0.15, 0.2) is 40.9 Å². The molecule has 0 radical (unpaired) electrons. The standard InChI is InChI=1S/C17H16FN3O2/c1-10-7-15(12(3)21(10)16-8-11(2)23-20-16)17(22)19-14-6-4-5-13(18)9-14/h4-9H,1-3H3,(H,19,22). The summed E-state index contributed by atoms with van der Waals surface area (Å²) < 4.78 is 20.2. The number of nitrogens with one attached hydrogen (secondary N) is 1. The van der Waals surface area contributed by atoms with Crippen LogP contribution in [-0.4, -0.2) is 15.6 Å². The molecule has 3 rings (SSSR count). The van der Waals surface area contributed by atoms with Crippen LogP contribution in [0.2, 0.25) is 0 Å². The Morgan fingerprint density at radius 1 is 1.22 bits per heavy atom. The minimum atomic E-state index is -0.397. The zero-order valence-corrected chi connectivity index (χ0v) is 13.1. The molecule has 23 heavy (non-hydrogen) atoms. The summed E-state index contributed by atoms with van der Waals surface area (Å²) in [6, 6.07) is 9.36. The highest BCUT2D eigenvalue weighted by Gasteiger charge is 2.18. The van der Waals surface area contributed by atoms with Crippen molar-refractivity contribution in [1.29, 1.82) is 0 Å². The van der Waals surface area contributed by atoms with Crippen molar-refractivity contribution < 1.29 is 13.7 Å². The van der Waals surface area contributed by atoms with Gasteiger partial charge in [-0.25, -0.2) is 4.39 Å². The summed E-state index contributed by atoms with van der Waals surface area (Å²) >= 11 is 0. The molecule has 2 aromatic heterocycles. The fourth-order valence-electron chi connectivity index (χ4n) is 2.57. The van der Waals surface area contributed by atoms with Crippen LogP contribution in [0.4, 0.5) is 10.1 Å². The van der Waals surface area contributed by atoms with E-state index in [0.717, 1.165) is 11.4 Å². The van der Waals surface area contributed by atoms with Gasteiger partial charge >= 0.3 is 0 Å². The van der Waals surface area contributed by atoms with Gasteiger partial charge < -0.3 is 9.84 Å². The number of aromatic nitrogens is 2. The zero-order valence-electron chi connectivity index (χ0n) is 13.1. The third-order valence-electron chi connectivity index (χ3n) is 3.60. The highest BCUT2D eigenvalue weighted by molar-refractivity contribution is 6.05. The number of hydrogen-bond acceptors (Lipinski definition) is 3. The maximum atomic E-state index is 13.2. The Labute approximate surface area is 132 Å². The molecule has 0 aliphatic carbocycles. The molecule has 2 heterocycles. The first-order valence-corrected chi connectivity index (χ1v) is 7.15. The van der Waals surface area contributed by atoms with Crippen molar-refractivity contribution in [3.05, 3.63) is 64.9 Å². The van der Waals surface area contributed by atoms with Crippen molar-refractivity contribution in [2.75, 3.05) is 5.32 Å². The molecule has 1 N–H and O–H groups in total. The molecule has 0 saturated heterocycles. The van der Waals surface area contributed by atoms with Crippen molar-refractivity contribution in [2.45, 2.75) is 20.8 Å². The smallest absolute Gasteiger partial charge is 0.257 e. The number of benzene rings is 1. The number of carbonyl (C=O) groups is 1. The first kappa shape index (κ1) is 15.0. The lowest BCUT2D eigenvalue weighted by Crippen LogP contribution is -2.13. The molecule has 118 valence electrons. The third kappa shape index (κ3) is 2.88. The lowest BCUT2D eigenvalue weighted by atomic mass is 10.2. The normalized spacial score (nSPS) is 10.8. The molecule has 0 unspecified atom stereocenters. The number of anilines is 1. The van der Waals surface area contributed by atoms with Gasteiger partial charge in [-0.2, -0.15) is 0 Å². The third-order valence-corrected chi connectivity index (χ3v) is 3.60. The summed E-state index contributed by atoms with van der Waals surface area (Å²) in [6.45, 7) is 5.52. The average molecular weight is 313 g/mol. The van der Waals surface area contributed by atoms with Crippen LogP contribution >= 0.6 is 0 Å². The van der Waals surface area contributed by atoms with Crippen LogP contribution in [-0.2, 0) is 0 Å². The SMILES string of the molecule is Cc1cc(-n2c(C)cc(C(=O)Nc3cccc(F)c3)c2C)no1. The summed E-state index contributed by atoms with van der Waals surface area (Å²) in [5.74, 6) is 0.627. The minimum Gasteiger partial charge on any atom is -0.360 e. The zero-order chi connectivity index (χ0) is 16.6. The van der Waals surface area contributed by atoms with E-state index in [2.05, 4.69) is 10.5 Å². The van der Waals surface area contributed by atoms with Crippen molar-refractivity contribution in [3.63, 3.8) is 0 Å². The number of amides is 1. The summed E-state index contributed by atoms with van der Waals surface area (Å²) in [7, 11) is 0. The quantitative estimate of drug-likeness (QED) is 0.800. The fourth-order valence-corrected chi connectivity index (χ4v) is 2.57. The highest BCUT2D eigenvalue weighted by atomic mass is 19.1. The first-order valence-electron chi connectivity index (χ1n) is 7.15. The Kier molecular flexibility index (Phi) is 3.73. The predicted octanol–water partition coefficient (Wildman–Crippen LogP) is 3.78. The molecule has 0 bridgehead atoms. The number of halogens is 1. The maximum absolute atomic E-state index is 13.2. The summed E-state index contributed by atoms with van der Waals surface area (Å²) in [5, 5.41) is 6.68. The molecule has 1 amide bonds. The number of rotatable bonds is 3. The molecule has 6 heteroatoms. The second kappa shape index (κ2) is 5.72. The van der Waals surface area contributed by atoms with Gasteiger partial charge in [0.05, 0.1) is 5.56 Å². The lowest BCUT2D eigenvalue weighted by Gasteiger charge is -2.07. The molecule has 0 aliphatic rings. The topological polar surface area (TPSA) is 60.1 Å². The van der Waals surface area contributed by atoms with E-state index in [9.17, 15) is 9.18 Å². The Morgan fingerprint density at radius 3 is 2.65 bits per heavy atom. The molecule has 1 aromatic carbocycles. The van der Waals surface area contributed by atoms with Gasteiger partial charge in [0.1, 0.15) is 11.6 Å². The summed E-state index contributed by atoms with van der Waals surface area (Å²) in [5.41, 5.74) is 2.52. The van der Waals surface area contributed by atoms with Gasteiger partial charge in [0, 0.05) is 23.1 Å². The number of carbonyl (C=O) groups excluding carboxylic acids is 1. The molecule has 0 fully saturated rings. The van der Waals surface area contributed by atoms with Crippen molar-refractivity contribution in [2.24, 2.45) is 0 Å². The fraction of sp³-hybridized carbons (Fsp3) is 0.176. The van der Waals surface area contributed by atoms with E-state index in [1.54, 1.807) is 24.3 Å². The van der Waals surface area contributed by atoms with Gasteiger partial charge in [0.25, 0.3) is 5.91 Å². The predicted molar refractivity (Wildman–Crippen MR) is 84.4 cm³/mol. The van der Waals surface area contributed by atoms with Gasteiger partial charge in [-0.3, -0.25) is 9.36 Å². The van der Waals surface area contributed by atoms with E-state index in [-0.39, 0.29) is 5.91 Å². The number of aryl methyl sites for hydroxylation is 2. The molecule has 5 nitrogen and oxygen atoms in total. The average Bonchev–Trinajstić information content (AvgIpc) is 3.02. The van der Waals surface area contributed by atoms with Crippen LogP contribution in [0, 0.1) is 26.6 Å². The molecular weight excluding hydrogens is 297 g/mol. The summed E-state index contributed by atoms with van der Waals surface area (Å²) in [4.78, 5) is 12.5. The van der Waals surface area contributed by atoms with Crippen molar-refractivity contribution >= 4 is 11.6 Å². The van der Waals surface area contributed by atoms with Crippen molar-refractivity contribution in [1.82, 2.24) is 9.72 Å². The van der Waals surface area contributed by atoms with E-state index < -0.39 is 5.82 Å². The van der Waals surface area contributed by atoms with Gasteiger partial charge in [-0.05, 0) is 45.0 Å². The second-order valence-corrected chi connectivity index (χ2v) is 5.38. The van der Waals surface area contributed by atoms with Crippen LogP contribution < -0.4 is 5.32 Å². The molecule has 0 saturated carbocycles. The van der Waals surface area contributed by atoms with E-state index in [1.165, 1.54) is 12.1 Å². The number of nitrogens with zero attached hydrogens (tertiary/aromatic N) is 2. The molecule has 0 atom stereocenters. The van der Waals surface area contributed by atoms with Crippen LogP contribution in [0.1, 0.15) is 27.5 Å². The maximum Gasteiger partial charge on any atom is 0.257 e. The summed E-state index contributed by atoms with van der Waals surface area (Å²) in [6.07, 6.45) is 0. The minimum absolute atomic E-state index is 0.296. The van der Waals surface area contributed by atoms with Crippen LogP contribution in [0.25, 0.3) is 5.82 Å². The monoisotopic (exact) mass is 313 g/mol. The molecule has 0 spiro atoms. The number of hydrogen-bond donors (Lipinski definition) is 1. The van der Waals surface area contributed by atoms with Crippen molar-refractivity contribution in [3.8, 4) is 5.82 Å². The van der Waals surface area contributed by atoms with Gasteiger partial charge in [0.2, 0.25) is 0 Å². The Bertz CT molecular complexity index is 880. The van der Waals surface area contributed by atoms with E-state index >= 15 is 0 Å². The largest absolute Gasteiger partial charge is 0.360 e. The van der Waals surface area contributed by atoms with Gasteiger partial charge in [-0.1, -0.05) is 11.2 Å². The molecular formula is C17H16FN3O2. The van der Waals surface area contributed by atoms with Gasteiger partial charge in [-0.15, -0.1) is 0 Å². The lowest BCUT2D eigenvalue weighted by molar-refractivity contribution is 0.102. The van der Waals surface area contributed by atoms with E-state index in [0.29, 0.717) is 22.8 Å². The second-order valence-electron chi connectivity index (χ2n) is 5.38. The Morgan fingerprint density at radius 2 is 2.00 bits per heavy atom.